The molecule has 57 heavy (non-hydrogen) atoms. The third kappa shape index (κ3) is 8.38. The zero-order valence-corrected chi connectivity index (χ0v) is 33.8. The highest BCUT2D eigenvalue weighted by molar-refractivity contribution is 9.10. The molecule has 5 heterocycles. The van der Waals surface area contributed by atoms with E-state index in [0.717, 1.165) is 75.3 Å². The number of fused-ring (bicyclic) bond motifs is 1. The van der Waals surface area contributed by atoms with Crippen LogP contribution in [0.25, 0.3) is 0 Å². The zero-order valence-electron chi connectivity index (χ0n) is 32.2. The summed E-state index contributed by atoms with van der Waals surface area (Å²) in [4.78, 5) is 65.2. The van der Waals surface area contributed by atoms with E-state index in [9.17, 15) is 19.2 Å². The minimum atomic E-state index is -0.588. The molecular weight excluding hydrogens is 788 g/mol. The van der Waals surface area contributed by atoms with Gasteiger partial charge in [-0.15, -0.1) is 0 Å². The van der Waals surface area contributed by atoms with Gasteiger partial charge in [0, 0.05) is 61.7 Å². The van der Waals surface area contributed by atoms with Crippen LogP contribution < -0.4 is 25.6 Å². The molecule has 3 aromatic carbocycles. The monoisotopic (exact) mass is 834 g/mol. The molecule has 13 nitrogen and oxygen atoms in total. The molecule has 8 rings (SSSR count). The molecule has 0 spiro atoms. The second kappa shape index (κ2) is 16.6. The van der Waals surface area contributed by atoms with Crippen LogP contribution in [0.4, 0.5) is 28.8 Å². The molecule has 4 aromatic rings. The number of methoxy groups -OCH3 is 1. The number of anilines is 5. The van der Waals surface area contributed by atoms with Gasteiger partial charge in [0.25, 0.3) is 5.91 Å². The fraction of sp³-hybridized carbons (Fsp3) is 0.395. The van der Waals surface area contributed by atoms with Crippen LogP contribution in [-0.2, 0) is 16.1 Å². The molecule has 296 valence electrons. The second-order valence-electron chi connectivity index (χ2n) is 15.4. The molecule has 4 aliphatic rings. The van der Waals surface area contributed by atoms with Gasteiger partial charge in [-0.05, 0) is 121 Å². The standard InChI is InChI=1S/C43H47BrN8O5/c1-26(53)32-5-3-4-6-35(32)46-40-34(44)23-45-43(49-40)47-36-10-8-31(22-38(36)57-2)51-19-13-27(14-20-51)24-50-17-15-28(16-18-50)29-7-9-33-30(21-29)25-52(42(33)56)37-11-12-39(54)48-41(37)55/h3-10,21-23,27-28,37H,11-20,24-25H2,1-2H3,(H,48,54,55)(H2,45,46,47,49). The van der Waals surface area contributed by atoms with Crippen LogP contribution in [0, 0.1) is 5.92 Å². The van der Waals surface area contributed by atoms with E-state index in [1.807, 2.05) is 30.3 Å². The number of hydrogen-bond donors (Lipinski definition) is 3. The first-order valence-electron chi connectivity index (χ1n) is 19.7. The van der Waals surface area contributed by atoms with Gasteiger partial charge in [-0.25, -0.2) is 4.98 Å². The van der Waals surface area contributed by atoms with Crippen LogP contribution in [0.5, 0.6) is 5.75 Å². The smallest absolute Gasteiger partial charge is 0.255 e. The van der Waals surface area contributed by atoms with E-state index in [2.05, 4.69) is 75.9 Å². The summed E-state index contributed by atoms with van der Waals surface area (Å²) in [5, 5.41) is 8.95. The maximum atomic E-state index is 13.2. The number of nitrogens with zero attached hydrogens (tertiary/aromatic N) is 5. The van der Waals surface area contributed by atoms with Crippen molar-refractivity contribution in [2.45, 2.75) is 64.0 Å². The zero-order chi connectivity index (χ0) is 39.6. The lowest BCUT2D eigenvalue weighted by Gasteiger charge is -2.38. The van der Waals surface area contributed by atoms with Crippen molar-refractivity contribution in [1.82, 2.24) is 25.1 Å². The maximum Gasteiger partial charge on any atom is 0.255 e. The number of ketones is 1. The summed E-state index contributed by atoms with van der Waals surface area (Å²) in [5.74, 6) is 1.90. The van der Waals surface area contributed by atoms with Gasteiger partial charge in [-0.3, -0.25) is 24.5 Å². The number of aromatic nitrogens is 2. The third-order valence-corrected chi connectivity index (χ3v) is 12.4. The molecule has 0 aliphatic carbocycles. The number of halogens is 1. The van der Waals surface area contributed by atoms with Crippen LogP contribution in [0.3, 0.4) is 0 Å². The Balaban J connectivity index is 0.820. The van der Waals surface area contributed by atoms with Gasteiger partial charge in [-0.2, -0.15) is 4.98 Å². The molecule has 3 fully saturated rings. The number of imide groups is 1. The summed E-state index contributed by atoms with van der Waals surface area (Å²) in [5.41, 5.74) is 6.04. The van der Waals surface area contributed by atoms with Gasteiger partial charge in [0.05, 0.1) is 23.0 Å². The van der Waals surface area contributed by atoms with E-state index in [-0.39, 0.29) is 29.9 Å². The highest BCUT2D eigenvalue weighted by Crippen LogP contribution is 2.37. The number of Topliss-reactive ketones (excluding diaryl/α,β-unsaturated/α-hetero) is 1. The molecule has 14 heteroatoms. The number of benzene rings is 3. The SMILES string of the molecule is COc1cc(N2CCC(CN3CCC(c4ccc5c(c4)CN(C4CCC(=O)NC4=O)C5=O)CC3)CC2)ccc1Nc1ncc(Br)c(Nc2ccccc2C(C)=O)n1. The molecule has 1 atom stereocenters. The predicted octanol–water partition coefficient (Wildman–Crippen LogP) is 6.79. The van der Waals surface area contributed by atoms with E-state index in [4.69, 9.17) is 4.74 Å². The second-order valence-corrected chi connectivity index (χ2v) is 16.3. The first kappa shape index (κ1) is 38.5. The molecule has 3 amide bonds. The summed E-state index contributed by atoms with van der Waals surface area (Å²) in [6, 6.07) is 19.1. The van der Waals surface area contributed by atoms with E-state index >= 15 is 0 Å². The number of carbonyl (C=O) groups is 4. The Morgan fingerprint density at radius 2 is 1.72 bits per heavy atom. The molecule has 1 unspecified atom stereocenters. The maximum absolute atomic E-state index is 13.2. The molecule has 1 aromatic heterocycles. The summed E-state index contributed by atoms with van der Waals surface area (Å²) < 4.78 is 6.48. The van der Waals surface area contributed by atoms with E-state index in [1.54, 1.807) is 31.2 Å². The average molecular weight is 836 g/mol. The van der Waals surface area contributed by atoms with Crippen LogP contribution in [0.2, 0.25) is 0 Å². The summed E-state index contributed by atoms with van der Waals surface area (Å²) >= 11 is 3.52. The van der Waals surface area contributed by atoms with Crippen LogP contribution in [0.1, 0.15) is 83.2 Å². The lowest BCUT2D eigenvalue weighted by molar-refractivity contribution is -0.136. The number of hydrogen-bond acceptors (Lipinski definition) is 11. The fourth-order valence-electron chi connectivity index (χ4n) is 8.68. The van der Waals surface area contributed by atoms with Gasteiger partial charge in [-0.1, -0.05) is 24.3 Å². The molecule has 3 N–H and O–H groups in total. The minimum Gasteiger partial charge on any atom is -0.494 e. The van der Waals surface area contributed by atoms with Crippen LogP contribution in [0.15, 0.2) is 71.3 Å². The Hall–Kier alpha value is -5.34. The van der Waals surface area contributed by atoms with Gasteiger partial charge in [0.2, 0.25) is 17.8 Å². The number of ether oxygens (including phenoxy) is 1. The Labute approximate surface area is 340 Å². The van der Waals surface area contributed by atoms with Gasteiger partial charge in [0.1, 0.15) is 17.6 Å². The summed E-state index contributed by atoms with van der Waals surface area (Å²) in [6.07, 6.45) is 6.72. The van der Waals surface area contributed by atoms with Crippen molar-refractivity contribution in [3.05, 3.63) is 93.6 Å². The molecular formula is C43H47BrN8O5. The average Bonchev–Trinajstić information content (AvgIpc) is 3.54. The van der Waals surface area contributed by atoms with E-state index < -0.39 is 6.04 Å². The number of para-hydroxylation sites is 1. The van der Waals surface area contributed by atoms with Crippen molar-refractivity contribution in [3.63, 3.8) is 0 Å². The largest absolute Gasteiger partial charge is 0.494 e. The first-order valence-corrected chi connectivity index (χ1v) is 20.5. The molecule has 0 bridgehead atoms. The number of carbonyl (C=O) groups excluding carboxylic acids is 4. The Morgan fingerprint density at radius 1 is 0.930 bits per heavy atom. The highest BCUT2D eigenvalue weighted by atomic mass is 79.9. The van der Waals surface area contributed by atoms with Crippen molar-refractivity contribution in [2.75, 3.05) is 55.4 Å². The van der Waals surface area contributed by atoms with Crippen molar-refractivity contribution in [3.8, 4) is 5.75 Å². The number of likely N-dealkylation sites (tertiary alicyclic amines) is 1. The summed E-state index contributed by atoms with van der Waals surface area (Å²) in [6.45, 7) is 7.14. The molecule has 0 saturated carbocycles. The van der Waals surface area contributed by atoms with Crippen molar-refractivity contribution in [1.29, 1.82) is 0 Å². The van der Waals surface area contributed by atoms with Gasteiger partial charge < -0.3 is 30.1 Å². The normalized spacial score (nSPS) is 19.4. The van der Waals surface area contributed by atoms with Crippen LogP contribution in [-0.4, -0.2) is 89.1 Å². The topological polar surface area (TPSA) is 149 Å². The molecule has 4 aliphatic heterocycles. The number of rotatable bonds is 11. The minimum absolute atomic E-state index is 0.0371. The third-order valence-electron chi connectivity index (χ3n) is 11.8. The van der Waals surface area contributed by atoms with Crippen molar-refractivity contribution < 1.29 is 23.9 Å². The lowest BCUT2D eigenvalue weighted by atomic mass is 9.87. The summed E-state index contributed by atoms with van der Waals surface area (Å²) in [7, 11) is 1.66. The number of amides is 3. The number of nitrogens with one attached hydrogen (secondary N) is 3. The Kier molecular flexibility index (Phi) is 11.2. The van der Waals surface area contributed by atoms with Crippen LogP contribution >= 0.6 is 15.9 Å². The van der Waals surface area contributed by atoms with Gasteiger partial charge >= 0.3 is 0 Å². The van der Waals surface area contributed by atoms with E-state index in [0.29, 0.717) is 63.6 Å². The fourth-order valence-corrected chi connectivity index (χ4v) is 8.97. The highest BCUT2D eigenvalue weighted by Gasteiger charge is 2.39. The van der Waals surface area contributed by atoms with Crippen molar-refractivity contribution in [2.24, 2.45) is 5.92 Å². The molecule has 0 radical (unpaired) electrons. The van der Waals surface area contributed by atoms with Gasteiger partial charge in [0.15, 0.2) is 5.78 Å². The quantitative estimate of drug-likeness (QED) is 0.108. The first-order chi connectivity index (χ1) is 27.6. The predicted molar refractivity (Wildman–Crippen MR) is 222 cm³/mol. The Bertz CT molecular complexity index is 2200. The van der Waals surface area contributed by atoms with Crippen molar-refractivity contribution >= 4 is 68.3 Å². The molecule has 3 saturated heterocycles. The Morgan fingerprint density at radius 3 is 2.47 bits per heavy atom. The number of piperidine rings is 3. The van der Waals surface area contributed by atoms with E-state index in [1.165, 1.54) is 5.56 Å². The lowest BCUT2D eigenvalue weighted by Crippen LogP contribution is -2.52.